The molecule has 2 atom stereocenters. The first kappa shape index (κ1) is 21.5. The highest BCUT2D eigenvalue weighted by molar-refractivity contribution is 7.90. The van der Waals surface area contributed by atoms with Gasteiger partial charge in [-0.25, -0.2) is 8.42 Å². The number of rotatable bonds is 6. The fourth-order valence-electron chi connectivity index (χ4n) is 4.19. The zero-order valence-electron chi connectivity index (χ0n) is 17.4. The molecule has 0 saturated carbocycles. The SMILES string of the molecule is CC1CC(C)CN(Cc2ccccc2CNC(=O)c2cccc(S(C)(=O)=O)c2)C1. The van der Waals surface area contributed by atoms with Crippen molar-refractivity contribution in [2.45, 2.75) is 38.3 Å². The van der Waals surface area contributed by atoms with Gasteiger partial charge in [0.15, 0.2) is 9.84 Å². The van der Waals surface area contributed by atoms with E-state index in [0.29, 0.717) is 23.9 Å². The summed E-state index contributed by atoms with van der Waals surface area (Å²) in [4.78, 5) is 15.2. The molecule has 0 bridgehead atoms. The van der Waals surface area contributed by atoms with Gasteiger partial charge in [-0.15, -0.1) is 0 Å². The molecule has 2 aromatic carbocycles. The molecule has 0 spiro atoms. The van der Waals surface area contributed by atoms with E-state index < -0.39 is 9.84 Å². The van der Waals surface area contributed by atoms with Crippen molar-refractivity contribution in [3.63, 3.8) is 0 Å². The van der Waals surface area contributed by atoms with Crippen LogP contribution in [0, 0.1) is 11.8 Å². The first-order chi connectivity index (χ1) is 13.7. The van der Waals surface area contributed by atoms with Gasteiger partial charge in [-0.3, -0.25) is 9.69 Å². The number of nitrogens with one attached hydrogen (secondary N) is 1. The zero-order valence-corrected chi connectivity index (χ0v) is 18.2. The van der Waals surface area contributed by atoms with Gasteiger partial charge in [-0.05, 0) is 47.6 Å². The highest BCUT2D eigenvalue weighted by Crippen LogP contribution is 2.23. The predicted octanol–water partition coefficient (Wildman–Crippen LogP) is 3.50. The lowest BCUT2D eigenvalue weighted by Crippen LogP contribution is -2.38. The Balaban J connectivity index is 1.68. The molecule has 2 aromatic rings. The maximum absolute atomic E-state index is 12.6. The van der Waals surface area contributed by atoms with E-state index in [9.17, 15) is 13.2 Å². The number of piperidine rings is 1. The smallest absolute Gasteiger partial charge is 0.251 e. The fraction of sp³-hybridized carbons (Fsp3) is 0.435. The molecule has 5 nitrogen and oxygen atoms in total. The molecule has 1 heterocycles. The predicted molar refractivity (Wildman–Crippen MR) is 115 cm³/mol. The molecule has 1 amide bonds. The summed E-state index contributed by atoms with van der Waals surface area (Å²) in [5.74, 6) is 1.13. The number of sulfone groups is 1. The van der Waals surface area contributed by atoms with Gasteiger partial charge in [0, 0.05) is 38.0 Å². The molecule has 0 aliphatic carbocycles. The van der Waals surface area contributed by atoms with Crippen LogP contribution < -0.4 is 5.32 Å². The van der Waals surface area contributed by atoms with E-state index in [0.717, 1.165) is 31.5 Å². The number of hydrogen-bond acceptors (Lipinski definition) is 4. The Labute approximate surface area is 174 Å². The summed E-state index contributed by atoms with van der Waals surface area (Å²) < 4.78 is 23.5. The number of carbonyl (C=O) groups excluding carboxylic acids is 1. The van der Waals surface area contributed by atoms with Gasteiger partial charge in [-0.2, -0.15) is 0 Å². The van der Waals surface area contributed by atoms with Crippen molar-refractivity contribution in [2.24, 2.45) is 11.8 Å². The minimum absolute atomic E-state index is 0.152. The molecule has 0 aromatic heterocycles. The van der Waals surface area contributed by atoms with Crippen LogP contribution in [-0.4, -0.2) is 38.6 Å². The van der Waals surface area contributed by atoms with E-state index in [2.05, 4.69) is 30.1 Å². The van der Waals surface area contributed by atoms with Crippen molar-refractivity contribution < 1.29 is 13.2 Å². The summed E-state index contributed by atoms with van der Waals surface area (Å²) in [5, 5.41) is 2.94. The molecule has 1 saturated heterocycles. The van der Waals surface area contributed by atoms with Crippen LogP contribution in [0.1, 0.15) is 41.8 Å². The molecule has 1 N–H and O–H groups in total. The Morgan fingerprint density at radius 3 is 2.34 bits per heavy atom. The summed E-state index contributed by atoms with van der Waals surface area (Å²) in [6.45, 7) is 8.10. The highest BCUT2D eigenvalue weighted by atomic mass is 32.2. The molecule has 1 fully saturated rings. The first-order valence-electron chi connectivity index (χ1n) is 10.1. The lowest BCUT2D eigenvalue weighted by atomic mass is 9.91. The Morgan fingerprint density at radius 2 is 1.69 bits per heavy atom. The van der Waals surface area contributed by atoms with Crippen LogP contribution in [0.3, 0.4) is 0 Å². The molecule has 6 heteroatoms. The number of hydrogen-bond donors (Lipinski definition) is 1. The van der Waals surface area contributed by atoms with E-state index in [1.54, 1.807) is 12.1 Å². The van der Waals surface area contributed by atoms with Crippen molar-refractivity contribution in [3.05, 3.63) is 65.2 Å². The van der Waals surface area contributed by atoms with E-state index in [1.807, 2.05) is 18.2 Å². The van der Waals surface area contributed by atoms with Crippen molar-refractivity contribution in [3.8, 4) is 0 Å². The number of amides is 1. The quantitative estimate of drug-likeness (QED) is 0.786. The summed E-state index contributed by atoms with van der Waals surface area (Å²) in [7, 11) is -3.34. The van der Waals surface area contributed by atoms with Gasteiger partial charge < -0.3 is 5.32 Å². The second-order valence-corrected chi connectivity index (χ2v) is 10.4. The average Bonchev–Trinajstić information content (AvgIpc) is 2.66. The zero-order chi connectivity index (χ0) is 21.0. The van der Waals surface area contributed by atoms with E-state index >= 15 is 0 Å². The van der Waals surface area contributed by atoms with Crippen molar-refractivity contribution in [1.82, 2.24) is 10.2 Å². The van der Waals surface area contributed by atoms with E-state index in [1.165, 1.54) is 24.1 Å². The molecular weight excluding hydrogens is 384 g/mol. The number of benzene rings is 2. The van der Waals surface area contributed by atoms with E-state index in [4.69, 9.17) is 0 Å². The van der Waals surface area contributed by atoms with Crippen LogP contribution in [0.5, 0.6) is 0 Å². The van der Waals surface area contributed by atoms with Crippen LogP contribution in [-0.2, 0) is 22.9 Å². The van der Waals surface area contributed by atoms with Gasteiger partial charge in [0.25, 0.3) is 5.91 Å². The lowest BCUT2D eigenvalue weighted by molar-refractivity contribution is 0.0950. The van der Waals surface area contributed by atoms with Crippen LogP contribution in [0.15, 0.2) is 53.4 Å². The summed E-state index contributed by atoms with van der Waals surface area (Å²) in [6, 6.07) is 14.3. The van der Waals surface area contributed by atoms with Crippen LogP contribution >= 0.6 is 0 Å². The molecule has 1 aliphatic rings. The Hall–Kier alpha value is -2.18. The number of nitrogens with zero attached hydrogens (tertiary/aromatic N) is 1. The Morgan fingerprint density at radius 1 is 1.03 bits per heavy atom. The lowest BCUT2D eigenvalue weighted by Gasteiger charge is -2.35. The topological polar surface area (TPSA) is 66.5 Å². The third-order valence-corrected chi connectivity index (χ3v) is 6.53. The molecule has 3 rings (SSSR count). The molecule has 2 unspecified atom stereocenters. The van der Waals surface area contributed by atoms with Crippen LogP contribution in [0.25, 0.3) is 0 Å². The monoisotopic (exact) mass is 414 g/mol. The summed E-state index contributed by atoms with van der Waals surface area (Å²) in [6.07, 6.45) is 2.42. The maximum Gasteiger partial charge on any atom is 0.251 e. The largest absolute Gasteiger partial charge is 0.348 e. The third-order valence-electron chi connectivity index (χ3n) is 5.42. The van der Waals surface area contributed by atoms with Gasteiger partial charge in [0.2, 0.25) is 0 Å². The molecule has 156 valence electrons. The second-order valence-electron chi connectivity index (χ2n) is 8.39. The average molecular weight is 415 g/mol. The summed E-state index contributed by atoms with van der Waals surface area (Å²) >= 11 is 0. The molecular formula is C23H30N2O3S. The standard InChI is InChI=1S/C23H30N2O3S/c1-17-11-18(2)15-25(14-17)16-21-8-5-4-7-20(21)13-24-23(26)19-9-6-10-22(12-19)29(3,27)28/h4-10,12,17-18H,11,13-16H2,1-3H3,(H,24,26). The Bertz CT molecular complexity index is 962. The minimum Gasteiger partial charge on any atom is -0.348 e. The second kappa shape index (κ2) is 9.09. The first-order valence-corrected chi connectivity index (χ1v) is 12.0. The van der Waals surface area contributed by atoms with Gasteiger partial charge in [0.05, 0.1) is 4.90 Å². The minimum atomic E-state index is -3.34. The maximum atomic E-state index is 12.6. The van der Waals surface area contributed by atoms with Crippen molar-refractivity contribution in [2.75, 3.05) is 19.3 Å². The van der Waals surface area contributed by atoms with Gasteiger partial charge >= 0.3 is 0 Å². The molecule has 0 radical (unpaired) electrons. The van der Waals surface area contributed by atoms with Gasteiger partial charge in [-0.1, -0.05) is 44.2 Å². The number of likely N-dealkylation sites (tertiary alicyclic amines) is 1. The summed E-state index contributed by atoms with van der Waals surface area (Å²) in [5.41, 5.74) is 2.66. The highest BCUT2D eigenvalue weighted by Gasteiger charge is 2.22. The molecule has 1 aliphatic heterocycles. The third kappa shape index (κ3) is 5.90. The van der Waals surface area contributed by atoms with Crippen LogP contribution in [0.4, 0.5) is 0 Å². The fourth-order valence-corrected chi connectivity index (χ4v) is 4.86. The van der Waals surface area contributed by atoms with Gasteiger partial charge in [0.1, 0.15) is 0 Å². The van der Waals surface area contributed by atoms with Crippen molar-refractivity contribution >= 4 is 15.7 Å². The number of carbonyl (C=O) groups is 1. The normalized spacial score (nSPS) is 20.4. The van der Waals surface area contributed by atoms with Crippen LogP contribution in [0.2, 0.25) is 0 Å². The van der Waals surface area contributed by atoms with E-state index in [-0.39, 0.29) is 10.8 Å². The molecule has 29 heavy (non-hydrogen) atoms. The van der Waals surface area contributed by atoms with Crippen molar-refractivity contribution in [1.29, 1.82) is 0 Å². The Kier molecular flexibility index (Phi) is 6.75.